The zero-order chi connectivity index (χ0) is 10.3. The summed E-state index contributed by atoms with van der Waals surface area (Å²) in [6.07, 6.45) is 1.79. The maximum atomic E-state index is 4.39. The van der Waals surface area contributed by atoms with Gasteiger partial charge in [-0.1, -0.05) is 43.4 Å². The largest absolute Gasteiger partial charge is 0.348 e. The van der Waals surface area contributed by atoms with Crippen LogP contribution in [0.25, 0.3) is 0 Å². The molecule has 0 aliphatic rings. The first kappa shape index (κ1) is 11.0. The molecule has 13 heavy (non-hydrogen) atoms. The molecule has 74 valence electrons. The van der Waals surface area contributed by atoms with E-state index in [0.29, 0.717) is 0 Å². The molecule has 0 spiro atoms. The van der Waals surface area contributed by atoms with Crippen LogP contribution in [0.15, 0.2) is 6.33 Å². The van der Waals surface area contributed by atoms with Crippen molar-refractivity contribution in [2.45, 2.75) is 43.5 Å². The van der Waals surface area contributed by atoms with Crippen LogP contribution in [0.4, 0.5) is 0 Å². The number of imidazole rings is 1. The second-order valence-electron chi connectivity index (χ2n) is 4.85. The number of rotatable bonds is 1. The number of nitrogens with zero attached hydrogens (tertiary/aromatic N) is 1. The summed E-state index contributed by atoms with van der Waals surface area (Å²) in [7, 11) is 0. The molecular weight excluding hydrogens is 275 g/mol. The first-order chi connectivity index (χ1) is 5.73. The van der Waals surface area contributed by atoms with Crippen LogP contribution < -0.4 is 0 Å². The van der Waals surface area contributed by atoms with Gasteiger partial charge in [0.05, 0.1) is 15.4 Å². The molecule has 2 nitrogen and oxygen atoms in total. The van der Waals surface area contributed by atoms with Crippen molar-refractivity contribution < 1.29 is 0 Å². The Hall–Kier alpha value is -0.0600. The predicted molar refractivity (Wildman–Crippen MR) is 64.3 cm³/mol. The fraction of sp³-hybridized carbons (Fsp3) is 0.700. The van der Waals surface area contributed by atoms with Crippen molar-refractivity contribution in [1.29, 1.82) is 0 Å². The Balaban J connectivity index is 3.19. The second-order valence-corrected chi connectivity index (χ2v) is 7.55. The molecule has 0 aromatic carbocycles. The summed E-state index contributed by atoms with van der Waals surface area (Å²) in [6.45, 7) is 11.0. The van der Waals surface area contributed by atoms with Crippen molar-refractivity contribution in [2.75, 3.05) is 0 Å². The second kappa shape index (κ2) is 3.26. The van der Waals surface area contributed by atoms with E-state index in [-0.39, 0.29) is 8.84 Å². The Morgan fingerprint density at radius 3 is 2.08 bits per heavy atom. The summed E-state index contributed by atoms with van der Waals surface area (Å²) in [5, 5.41) is 0. The number of hydrogen-bond acceptors (Lipinski definition) is 1. The lowest BCUT2D eigenvalue weighted by molar-refractivity contribution is 0.556. The maximum Gasteiger partial charge on any atom is 0.0925 e. The fourth-order valence-corrected chi connectivity index (χ4v) is 1.73. The van der Waals surface area contributed by atoms with Crippen molar-refractivity contribution in [1.82, 2.24) is 9.97 Å². The third kappa shape index (κ3) is 2.45. The van der Waals surface area contributed by atoms with E-state index in [1.54, 1.807) is 6.33 Å². The predicted octanol–water partition coefficient (Wildman–Crippen LogP) is 3.38. The molecule has 0 amide bonds. The molecule has 0 radical (unpaired) electrons. The van der Waals surface area contributed by atoms with Gasteiger partial charge in [-0.15, -0.1) is 0 Å². The van der Waals surface area contributed by atoms with Crippen LogP contribution in [0, 0.1) is 0 Å². The first-order valence-corrected chi connectivity index (χ1v) is 5.54. The van der Waals surface area contributed by atoms with Crippen LogP contribution in [0.5, 0.6) is 0 Å². The van der Waals surface area contributed by atoms with Gasteiger partial charge in [0.15, 0.2) is 0 Å². The monoisotopic (exact) mass is 292 g/mol. The molecule has 0 aliphatic heterocycles. The Morgan fingerprint density at radius 2 is 1.77 bits per heavy atom. The van der Waals surface area contributed by atoms with Gasteiger partial charge in [-0.05, 0) is 13.8 Å². The normalized spacial score (nSPS) is 13.4. The van der Waals surface area contributed by atoms with Gasteiger partial charge in [-0.2, -0.15) is 0 Å². The molecule has 1 rings (SSSR count). The van der Waals surface area contributed by atoms with E-state index in [1.807, 2.05) is 0 Å². The average Bonchev–Trinajstić information content (AvgIpc) is 2.27. The molecular formula is C10H17IN2. The van der Waals surface area contributed by atoms with E-state index in [0.717, 1.165) is 0 Å². The van der Waals surface area contributed by atoms with Crippen molar-refractivity contribution in [2.24, 2.45) is 0 Å². The zero-order valence-electron chi connectivity index (χ0n) is 8.90. The number of halogens is 1. The number of nitrogens with one attached hydrogen (secondary N) is 1. The summed E-state index contributed by atoms with van der Waals surface area (Å²) in [5.74, 6) is 0. The molecule has 0 unspecified atom stereocenters. The van der Waals surface area contributed by atoms with Crippen LogP contribution in [-0.2, 0) is 8.84 Å². The molecule has 0 fully saturated rings. The Labute approximate surface area is 93.7 Å². The number of aromatic amines is 1. The van der Waals surface area contributed by atoms with Crippen molar-refractivity contribution >= 4 is 22.6 Å². The van der Waals surface area contributed by atoms with E-state index in [4.69, 9.17) is 0 Å². The zero-order valence-corrected chi connectivity index (χ0v) is 11.1. The van der Waals surface area contributed by atoms with Gasteiger partial charge in [0.2, 0.25) is 0 Å². The molecule has 0 saturated carbocycles. The van der Waals surface area contributed by atoms with E-state index < -0.39 is 0 Å². The molecule has 3 heteroatoms. The summed E-state index contributed by atoms with van der Waals surface area (Å²) in [4.78, 5) is 7.63. The van der Waals surface area contributed by atoms with Gasteiger partial charge in [-0.25, -0.2) is 4.98 Å². The van der Waals surface area contributed by atoms with E-state index in [1.165, 1.54) is 11.4 Å². The highest BCUT2D eigenvalue weighted by Crippen LogP contribution is 2.35. The number of aromatic nitrogens is 2. The smallest absolute Gasteiger partial charge is 0.0925 e. The molecule has 0 atom stereocenters. The Morgan fingerprint density at radius 1 is 1.23 bits per heavy atom. The van der Waals surface area contributed by atoms with Gasteiger partial charge in [0.1, 0.15) is 0 Å². The van der Waals surface area contributed by atoms with Crippen LogP contribution in [0.2, 0.25) is 0 Å². The number of H-pyrrole nitrogens is 1. The van der Waals surface area contributed by atoms with Crippen molar-refractivity contribution in [3.63, 3.8) is 0 Å². The minimum absolute atomic E-state index is 0.0976. The van der Waals surface area contributed by atoms with Crippen LogP contribution in [0.3, 0.4) is 0 Å². The quantitative estimate of drug-likeness (QED) is 0.624. The topological polar surface area (TPSA) is 28.7 Å². The van der Waals surface area contributed by atoms with Gasteiger partial charge < -0.3 is 4.98 Å². The van der Waals surface area contributed by atoms with Crippen LogP contribution in [0.1, 0.15) is 46.0 Å². The van der Waals surface area contributed by atoms with Gasteiger partial charge in [0.25, 0.3) is 0 Å². The molecule has 1 N–H and O–H groups in total. The van der Waals surface area contributed by atoms with Crippen LogP contribution >= 0.6 is 22.6 Å². The van der Waals surface area contributed by atoms with Gasteiger partial charge in [-0.3, -0.25) is 0 Å². The van der Waals surface area contributed by atoms with Gasteiger partial charge >= 0.3 is 0 Å². The third-order valence-corrected chi connectivity index (χ3v) is 2.46. The lowest BCUT2D eigenvalue weighted by Crippen LogP contribution is -2.19. The lowest BCUT2D eigenvalue weighted by atomic mass is 9.88. The van der Waals surface area contributed by atoms with E-state index >= 15 is 0 Å². The highest BCUT2D eigenvalue weighted by Gasteiger charge is 2.28. The third-order valence-electron chi connectivity index (χ3n) is 1.95. The molecule has 1 aromatic rings. The minimum Gasteiger partial charge on any atom is -0.348 e. The molecule has 0 aliphatic carbocycles. The standard InChI is InChI=1S/C10H17IN2/c1-9(2,3)7-8(10(4,5)11)13-6-12-7/h6H,1-5H3,(H,12,13). The number of alkyl halides is 1. The maximum absolute atomic E-state index is 4.39. The molecule has 0 saturated heterocycles. The average molecular weight is 292 g/mol. The summed E-state index contributed by atoms with van der Waals surface area (Å²) >= 11 is 2.42. The summed E-state index contributed by atoms with van der Waals surface area (Å²) < 4.78 is 0.0976. The van der Waals surface area contributed by atoms with Crippen molar-refractivity contribution in [3.05, 3.63) is 17.7 Å². The SMILES string of the molecule is CC(C)(C)c1[nH]cnc1C(C)(C)I. The van der Waals surface area contributed by atoms with Gasteiger partial charge in [0, 0.05) is 11.1 Å². The van der Waals surface area contributed by atoms with E-state index in [2.05, 4.69) is 67.2 Å². The highest BCUT2D eigenvalue weighted by atomic mass is 127. The molecule has 0 bridgehead atoms. The summed E-state index contributed by atoms with van der Waals surface area (Å²) in [6, 6.07) is 0. The summed E-state index contributed by atoms with van der Waals surface area (Å²) in [5.41, 5.74) is 2.56. The fourth-order valence-electron chi connectivity index (χ4n) is 1.32. The first-order valence-electron chi connectivity index (χ1n) is 4.46. The van der Waals surface area contributed by atoms with Crippen molar-refractivity contribution in [3.8, 4) is 0 Å². The minimum atomic E-state index is 0.0976. The highest BCUT2D eigenvalue weighted by molar-refractivity contribution is 14.1. The Kier molecular flexibility index (Phi) is 2.76. The lowest BCUT2D eigenvalue weighted by Gasteiger charge is -2.23. The Bertz CT molecular complexity index is 260. The van der Waals surface area contributed by atoms with E-state index in [9.17, 15) is 0 Å². The number of hydrogen-bond donors (Lipinski definition) is 1. The molecule has 1 heterocycles. The molecule has 1 aromatic heterocycles. The van der Waals surface area contributed by atoms with Crippen LogP contribution in [-0.4, -0.2) is 9.97 Å².